The van der Waals surface area contributed by atoms with E-state index in [0.29, 0.717) is 24.5 Å². The molecule has 0 spiro atoms. The fourth-order valence-corrected chi connectivity index (χ4v) is 9.61. The molecule has 84 heavy (non-hydrogen) atoms. The first-order chi connectivity index (χ1) is 40.2. The third-order valence-electron chi connectivity index (χ3n) is 14.1. The average Bonchev–Trinajstić information content (AvgIpc) is 3.60. The molecular formula is C69H99N3O12. The Balaban J connectivity index is 0.00000603. The number of quaternary nitrogens is 1. The van der Waals surface area contributed by atoms with E-state index in [1.807, 2.05) is 151 Å². The Hall–Kier alpha value is -6.87. The molecule has 2 amide bonds. The molecule has 4 atom stereocenters. The number of nitrogens with one attached hydrogen (secondary N) is 2. The highest BCUT2D eigenvalue weighted by atomic mass is 16.5. The Morgan fingerprint density at radius 2 is 0.917 bits per heavy atom. The van der Waals surface area contributed by atoms with Crippen molar-refractivity contribution in [2.75, 3.05) is 6.54 Å². The Morgan fingerprint density at radius 3 is 1.36 bits per heavy atom. The zero-order valence-corrected chi connectivity index (χ0v) is 51.6. The van der Waals surface area contributed by atoms with Crippen molar-refractivity contribution in [3.05, 3.63) is 131 Å². The first-order valence-corrected chi connectivity index (χ1v) is 30.7. The van der Waals surface area contributed by atoms with Crippen molar-refractivity contribution in [3.8, 4) is 11.5 Å². The zero-order valence-electron chi connectivity index (χ0n) is 51.6. The van der Waals surface area contributed by atoms with Crippen molar-refractivity contribution >= 4 is 41.8 Å². The van der Waals surface area contributed by atoms with Crippen LogP contribution in [0.4, 0.5) is 0 Å². The number of carbonyl (C=O) groups is 7. The predicted octanol–water partition coefficient (Wildman–Crippen LogP) is 11.1. The van der Waals surface area contributed by atoms with Crippen molar-refractivity contribution in [3.63, 3.8) is 0 Å². The van der Waals surface area contributed by atoms with Crippen molar-refractivity contribution in [2.45, 2.75) is 226 Å². The van der Waals surface area contributed by atoms with E-state index < -0.39 is 59.6 Å². The summed E-state index contributed by atoms with van der Waals surface area (Å²) in [5.74, 6) is -3.28. The zero-order chi connectivity index (χ0) is 61.6. The van der Waals surface area contributed by atoms with Gasteiger partial charge in [-0.1, -0.05) is 175 Å². The average molecular weight is 1160 g/mol. The van der Waals surface area contributed by atoms with Crippen molar-refractivity contribution < 1.29 is 63.3 Å². The minimum atomic E-state index is -1.24. The summed E-state index contributed by atoms with van der Waals surface area (Å²) in [6.07, 6.45) is 16.4. The van der Waals surface area contributed by atoms with Crippen LogP contribution in [0.2, 0.25) is 0 Å². The first-order valence-electron chi connectivity index (χ1n) is 30.7. The predicted molar refractivity (Wildman–Crippen MR) is 326 cm³/mol. The molecule has 0 bridgehead atoms. The van der Waals surface area contributed by atoms with E-state index >= 15 is 0 Å². The summed E-state index contributed by atoms with van der Waals surface area (Å²) < 4.78 is 23.2. The third kappa shape index (κ3) is 32.8. The van der Waals surface area contributed by atoms with Crippen LogP contribution >= 0.6 is 0 Å². The molecule has 0 saturated heterocycles. The fourth-order valence-electron chi connectivity index (χ4n) is 9.61. The Labute approximate surface area is 501 Å². The van der Waals surface area contributed by atoms with E-state index in [4.69, 9.17) is 28.8 Å². The molecule has 0 unspecified atom stereocenters. The van der Waals surface area contributed by atoms with Gasteiger partial charge in [0.05, 0.1) is 6.04 Å². The molecule has 0 saturated carbocycles. The lowest BCUT2D eigenvalue weighted by Gasteiger charge is -2.24. The van der Waals surface area contributed by atoms with Gasteiger partial charge in [0.1, 0.15) is 42.0 Å². The topological polar surface area (TPSA) is 231 Å². The van der Waals surface area contributed by atoms with Gasteiger partial charge in [-0.25, -0.2) is 0 Å². The van der Waals surface area contributed by atoms with E-state index in [9.17, 15) is 28.8 Å². The summed E-state index contributed by atoms with van der Waals surface area (Å²) in [7, 11) is 0. The minimum absolute atomic E-state index is 0.0208. The Morgan fingerprint density at radius 1 is 0.512 bits per heavy atom. The van der Waals surface area contributed by atoms with Crippen LogP contribution in [0.3, 0.4) is 0 Å². The van der Waals surface area contributed by atoms with E-state index in [1.165, 1.54) is 64.2 Å². The van der Waals surface area contributed by atoms with Crippen LogP contribution in [-0.4, -0.2) is 71.6 Å². The molecule has 4 aromatic rings. The maximum atomic E-state index is 14.8. The number of unbranched alkanes of at least 4 members (excludes halogenated alkanes) is 13. The molecule has 15 nitrogen and oxygen atoms in total. The normalized spacial score (nSPS) is 12.7. The molecule has 0 aliphatic rings. The number of hydrogen-bond donors (Lipinski definition) is 3. The van der Waals surface area contributed by atoms with E-state index in [0.717, 1.165) is 47.9 Å². The van der Waals surface area contributed by atoms with Crippen LogP contribution in [0.25, 0.3) is 0 Å². The molecule has 0 aliphatic carbocycles. The third-order valence-corrected chi connectivity index (χ3v) is 14.1. The number of esters is 2. The first kappa shape index (κ1) is 71.4. The lowest BCUT2D eigenvalue weighted by Crippen LogP contribution is -2.66. The SMILES string of the molecule is CCCCCCCCCCCCCCCCNC(=O)[C@@H](CCC(=O)OCc1ccccc1)CC(=O)[C@@H](CCC(=O)OCc1ccccc1)NC(=O)[C@H](CC(=O)[C@H]([NH3+])Cc1ccc(OC(C)(C)C)cc1)Cc1ccc(OC(C)(C)C)cc1.O=C[O-]. The molecule has 0 aromatic heterocycles. The molecule has 4 rings (SSSR count). The summed E-state index contributed by atoms with van der Waals surface area (Å²) >= 11 is 0. The number of hydrogen-bond acceptors (Lipinski definition) is 12. The summed E-state index contributed by atoms with van der Waals surface area (Å²) in [6, 6.07) is 31.5. The van der Waals surface area contributed by atoms with E-state index in [1.54, 1.807) is 0 Å². The quantitative estimate of drug-likeness (QED) is 0.0214. The summed E-state index contributed by atoms with van der Waals surface area (Å²) in [4.78, 5) is 92.6. The molecular weight excluding hydrogens is 1060 g/mol. The second kappa shape index (κ2) is 40.4. The highest BCUT2D eigenvalue weighted by molar-refractivity contribution is 5.95. The number of benzene rings is 4. The summed E-state index contributed by atoms with van der Waals surface area (Å²) in [6.45, 7) is 14.0. The molecule has 4 aromatic carbocycles. The maximum absolute atomic E-state index is 14.8. The van der Waals surface area contributed by atoms with Crippen LogP contribution in [0.5, 0.6) is 11.5 Å². The van der Waals surface area contributed by atoms with Gasteiger partial charge in [0.15, 0.2) is 11.6 Å². The highest BCUT2D eigenvalue weighted by Gasteiger charge is 2.33. The molecule has 15 heteroatoms. The van der Waals surface area contributed by atoms with E-state index in [-0.39, 0.29) is 75.5 Å². The lowest BCUT2D eigenvalue weighted by atomic mass is 9.88. The van der Waals surface area contributed by atoms with Gasteiger partial charge in [-0.05, 0) is 114 Å². The number of amides is 2. The molecule has 0 aliphatic heterocycles. The lowest BCUT2D eigenvalue weighted by molar-refractivity contribution is -0.402. The maximum Gasteiger partial charge on any atom is 0.306 e. The summed E-state index contributed by atoms with van der Waals surface area (Å²) in [5.41, 5.74) is 6.66. The fraction of sp³-hybridized carbons (Fsp3) is 0.551. The van der Waals surface area contributed by atoms with Crippen molar-refractivity contribution in [1.82, 2.24) is 10.6 Å². The molecule has 0 fully saturated rings. The smallest absolute Gasteiger partial charge is 0.306 e. The Bertz CT molecular complexity index is 2510. The van der Waals surface area contributed by atoms with Gasteiger partial charge in [-0.15, -0.1) is 0 Å². The van der Waals surface area contributed by atoms with Crippen LogP contribution < -0.4 is 30.9 Å². The van der Waals surface area contributed by atoms with E-state index in [2.05, 4.69) is 23.3 Å². The number of carbonyl (C=O) groups excluding carboxylic acids is 7. The number of ketones is 2. The van der Waals surface area contributed by atoms with Crippen molar-refractivity contribution in [1.29, 1.82) is 0 Å². The summed E-state index contributed by atoms with van der Waals surface area (Å²) in [5, 5.41) is 14.2. The molecule has 5 N–H and O–H groups in total. The van der Waals surface area contributed by atoms with Crippen LogP contribution in [0.1, 0.15) is 199 Å². The standard InChI is InChI=1S/C68H97N3O10.CH2O2/c1-8-9-10-11-12-13-14-15-16-17-18-19-20-27-44-70-65(76)55(36-42-63(74)78-49-53-28-23-21-24-29-53)47-62(73)60(41-43-64(75)79-50-54-30-25-22-26-31-54)71-66(77)56(45-51-32-37-57(38-33-51)80-67(2,3)4)48-61(72)59(69)46-52-34-39-58(40-35-52)81-68(5,6)7;2-1-3/h21-26,28-35,37-40,55-56,59-60H,8-20,27,36,41-50,69H2,1-7H3,(H,70,76)(H,71,77);1H,(H,2,3)/t55-,56-,59+,60+;/m0./s1. The molecule has 0 heterocycles. The second-order valence-electron chi connectivity index (χ2n) is 24.0. The number of Topliss-reactive ketones (excluding diaryl/α,β-unsaturated/α-hetero) is 2. The van der Waals surface area contributed by atoms with Gasteiger partial charge in [-0.3, -0.25) is 28.8 Å². The van der Waals surface area contributed by atoms with Crippen LogP contribution in [-0.2, 0) is 69.1 Å². The number of rotatable bonds is 40. The van der Waals surface area contributed by atoms with Crippen LogP contribution in [0, 0.1) is 11.8 Å². The van der Waals surface area contributed by atoms with Gasteiger partial charge >= 0.3 is 11.9 Å². The van der Waals surface area contributed by atoms with Gasteiger partial charge in [-0.2, -0.15) is 0 Å². The number of carboxylic acid groups (broad SMARTS) is 1. The highest BCUT2D eigenvalue weighted by Crippen LogP contribution is 2.25. The Kier molecular flexibility index (Phi) is 34.3. The number of ether oxygens (including phenoxy) is 4. The molecule has 462 valence electrons. The largest absolute Gasteiger partial charge is 0.554 e. The van der Waals surface area contributed by atoms with Gasteiger partial charge in [0, 0.05) is 57.0 Å². The second-order valence-corrected chi connectivity index (χ2v) is 24.0. The van der Waals surface area contributed by atoms with Gasteiger partial charge in [0.25, 0.3) is 0 Å². The monoisotopic (exact) mass is 1160 g/mol. The van der Waals surface area contributed by atoms with Crippen LogP contribution in [0.15, 0.2) is 109 Å². The van der Waals surface area contributed by atoms with Gasteiger partial charge < -0.3 is 45.2 Å². The van der Waals surface area contributed by atoms with Gasteiger partial charge in [0.2, 0.25) is 11.8 Å². The minimum Gasteiger partial charge on any atom is -0.554 e. The van der Waals surface area contributed by atoms with Crippen molar-refractivity contribution in [2.24, 2.45) is 11.8 Å². The molecule has 0 radical (unpaired) electrons.